The first-order chi connectivity index (χ1) is 6.70. The van der Waals surface area contributed by atoms with Crippen molar-refractivity contribution in [2.75, 3.05) is 0 Å². The largest absolute Gasteiger partial charge is 0.347 e. The van der Waals surface area contributed by atoms with E-state index in [9.17, 15) is 4.79 Å². The molecule has 1 amide bonds. The topological polar surface area (TPSA) is 55.1 Å². The number of nitrogens with one attached hydrogen (secondary N) is 1. The minimum absolute atomic E-state index is 0.0753. The molecule has 0 saturated heterocycles. The lowest BCUT2D eigenvalue weighted by atomic mass is 9.87. The van der Waals surface area contributed by atoms with Crippen molar-refractivity contribution in [2.45, 2.75) is 46.7 Å². The lowest BCUT2D eigenvalue weighted by molar-refractivity contribution is -0.124. The van der Waals surface area contributed by atoms with Gasteiger partial charge in [-0.05, 0) is 11.3 Å². The number of amides is 1. The van der Waals surface area contributed by atoms with Crippen molar-refractivity contribution in [3.8, 4) is 0 Å². The Morgan fingerprint density at radius 2 is 1.87 bits per heavy atom. The fraction of sp³-hybridized carbons (Fsp3) is 0.818. The van der Waals surface area contributed by atoms with Crippen molar-refractivity contribution in [3.05, 3.63) is 0 Å². The Hall–Kier alpha value is -0.480. The summed E-state index contributed by atoms with van der Waals surface area (Å²) in [6.07, 6.45) is 0. The van der Waals surface area contributed by atoms with Gasteiger partial charge in [-0.3, -0.25) is 4.79 Å². The highest BCUT2D eigenvalue weighted by Gasteiger charge is 2.26. The van der Waals surface area contributed by atoms with E-state index in [1.807, 2.05) is 34.6 Å². The number of carbonyl (C=O) groups is 1. The summed E-state index contributed by atoms with van der Waals surface area (Å²) in [5, 5.41) is 4.45. The zero-order valence-corrected chi connectivity index (χ0v) is 11.0. The molecule has 88 valence electrons. The van der Waals surface area contributed by atoms with Crippen LogP contribution in [0, 0.1) is 11.3 Å². The number of hydrogen-bond acceptors (Lipinski definition) is 3. The Morgan fingerprint density at radius 1 is 1.40 bits per heavy atom. The standard InChI is InChI=1S/C11H22N2OS/c1-7(2)9(12)10(14)13-8(6-15)11(3,4)5/h6-9H,12H2,1-5H3,(H,13,14)/t8-,9?/m0/s1. The number of thiocarbonyl (C=S) groups is 1. The molecule has 3 N–H and O–H groups in total. The third-order valence-electron chi connectivity index (χ3n) is 2.39. The molecule has 0 saturated carbocycles. The molecule has 0 bridgehead atoms. The van der Waals surface area contributed by atoms with Crippen LogP contribution in [0.1, 0.15) is 34.6 Å². The van der Waals surface area contributed by atoms with Crippen molar-refractivity contribution < 1.29 is 4.79 Å². The van der Waals surface area contributed by atoms with Gasteiger partial charge in [0.1, 0.15) is 0 Å². The molecule has 2 atom stereocenters. The van der Waals surface area contributed by atoms with Gasteiger partial charge < -0.3 is 11.1 Å². The number of hydrogen-bond donors (Lipinski definition) is 2. The second-order valence-electron chi connectivity index (χ2n) is 5.26. The quantitative estimate of drug-likeness (QED) is 0.720. The number of rotatable bonds is 4. The lowest BCUT2D eigenvalue weighted by Crippen LogP contribution is -2.52. The highest BCUT2D eigenvalue weighted by molar-refractivity contribution is 7.79. The molecule has 0 aromatic rings. The van der Waals surface area contributed by atoms with Crippen molar-refractivity contribution in [2.24, 2.45) is 17.1 Å². The van der Waals surface area contributed by atoms with Gasteiger partial charge >= 0.3 is 0 Å². The summed E-state index contributed by atoms with van der Waals surface area (Å²) >= 11 is 4.91. The van der Waals surface area contributed by atoms with E-state index >= 15 is 0 Å². The van der Waals surface area contributed by atoms with E-state index in [0.717, 1.165) is 0 Å². The number of carbonyl (C=O) groups excluding carboxylic acids is 1. The summed E-state index contributed by atoms with van der Waals surface area (Å²) in [5.74, 6) is 0.00163. The monoisotopic (exact) mass is 230 g/mol. The van der Waals surface area contributed by atoms with Gasteiger partial charge in [0.25, 0.3) is 0 Å². The maximum absolute atomic E-state index is 11.7. The van der Waals surface area contributed by atoms with Gasteiger partial charge in [0.15, 0.2) is 0 Å². The van der Waals surface area contributed by atoms with E-state index in [4.69, 9.17) is 18.0 Å². The van der Waals surface area contributed by atoms with Crippen LogP contribution in [0.15, 0.2) is 0 Å². The van der Waals surface area contributed by atoms with Crippen molar-refractivity contribution in [1.82, 2.24) is 5.32 Å². The van der Waals surface area contributed by atoms with Crippen LogP contribution in [0.4, 0.5) is 0 Å². The molecule has 0 aromatic carbocycles. The Bertz CT molecular complexity index is 233. The smallest absolute Gasteiger partial charge is 0.237 e. The van der Waals surface area contributed by atoms with Gasteiger partial charge in [0, 0.05) is 5.37 Å². The van der Waals surface area contributed by atoms with Crippen LogP contribution in [-0.2, 0) is 4.79 Å². The molecule has 0 fully saturated rings. The van der Waals surface area contributed by atoms with Crippen LogP contribution in [0.2, 0.25) is 0 Å². The summed E-state index contributed by atoms with van der Waals surface area (Å²) < 4.78 is 0. The first kappa shape index (κ1) is 14.5. The molecule has 0 spiro atoms. The van der Waals surface area contributed by atoms with Gasteiger partial charge in [0.05, 0.1) is 12.1 Å². The molecule has 1 unspecified atom stereocenters. The fourth-order valence-corrected chi connectivity index (χ4v) is 1.48. The van der Waals surface area contributed by atoms with E-state index < -0.39 is 6.04 Å². The average Bonchev–Trinajstić information content (AvgIpc) is 2.10. The van der Waals surface area contributed by atoms with Crippen LogP contribution in [0.5, 0.6) is 0 Å². The third-order valence-corrected chi connectivity index (χ3v) is 2.66. The van der Waals surface area contributed by atoms with Gasteiger partial charge in [-0.25, -0.2) is 0 Å². The predicted octanol–water partition coefficient (Wildman–Crippen LogP) is 1.50. The SMILES string of the molecule is CC(C)C(N)C(=O)N[C@@H](C=S)C(C)(C)C. The van der Waals surface area contributed by atoms with Gasteiger partial charge in [0.2, 0.25) is 5.91 Å². The van der Waals surface area contributed by atoms with Crippen LogP contribution in [-0.4, -0.2) is 23.4 Å². The summed E-state index contributed by atoms with van der Waals surface area (Å²) in [7, 11) is 0. The van der Waals surface area contributed by atoms with Gasteiger partial charge in [-0.15, -0.1) is 0 Å². The van der Waals surface area contributed by atoms with Crippen LogP contribution in [0.25, 0.3) is 0 Å². The normalized spacial score (nSPS) is 15.9. The maximum Gasteiger partial charge on any atom is 0.237 e. The van der Waals surface area contributed by atoms with Crippen molar-refractivity contribution in [3.63, 3.8) is 0 Å². The minimum atomic E-state index is -0.468. The van der Waals surface area contributed by atoms with Crippen molar-refractivity contribution in [1.29, 1.82) is 0 Å². The predicted molar refractivity (Wildman–Crippen MR) is 67.9 cm³/mol. The molecule has 4 heteroatoms. The molecule has 0 aliphatic rings. The molecule has 0 aliphatic heterocycles. The first-order valence-corrected chi connectivity index (χ1v) is 5.68. The highest BCUT2D eigenvalue weighted by Crippen LogP contribution is 2.18. The molecule has 15 heavy (non-hydrogen) atoms. The Kier molecular flexibility index (Phi) is 5.38. The van der Waals surface area contributed by atoms with Crippen LogP contribution in [0.3, 0.4) is 0 Å². The van der Waals surface area contributed by atoms with E-state index in [1.165, 1.54) is 0 Å². The molecule has 0 heterocycles. The molecule has 0 aliphatic carbocycles. The highest BCUT2D eigenvalue weighted by atomic mass is 32.1. The summed E-state index contributed by atoms with van der Waals surface area (Å²) in [6, 6.07) is -0.588. The van der Waals surface area contributed by atoms with Crippen LogP contribution < -0.4 is 11.1 Å². The second kappa shape index (κ2) is 5.56. The average molecular weight is 230 g/mol. The fourth-order valence-electron chi connectivity index (χ4n) is 1.01. The van der Waals surface area contributed by atoms with Gasteiger partial charge in [-0.1, -0.05) is 46.8 Å². The Labute approximate surface area is 97.8 Å². The Balaban J connectivity index is 4.45. The maximum atomic E-state index is 11.7. The molecular weight excluding hydrogens is 208 g/mol. The first-order valence-electron chi connectivity index (χ1n) is 5.21. The third kappa shape index (κ3) is 4.71. The van der Waals surface area contributed by atoms with E-state index in [-0.39, 0.29) is 23.3 Å². The molecule has 0 rings (SSSR count). The van der Waals surface area contributed by atoms with E-state index in [0.29, 0.717) is 0 Å². The molecule has 3 nitrogen and oxygen atoms in total. The van der Waals surface area contributed by atoms with Gasteiger partial charge in [-0.2, -0.15) is 0 Å². The van der Waals surface area contributed by atoms with E-state index in [1.54, 1.807) is 5.37 Å². The summed E-state index contributed by atoms with van der Waals surface area (Å²) in [5.41, 5.74) is 5.67. The van der Waals surface area contributed by atoms with Crippen LogP contribution >= 0.6 is 12.2 Å². The minimum Gasteiger partial charge on any atom is -0.347 e. The lowest BCUT2D eigenvalue weighted by Gasteiger charge is -2.29. The zero-order valence-electron chi connectivity index (χ0n) is 10.2. The molecular formula is C11H22N2OS. The summed E-state index contributed by atoms with van der Waals surface area (Å²) in [6.45, 7) is 9.94. The zero-order chi connectivity index (χ0) is 12.2. The number of nitrogens with two attached hydrogens (primary N) is 1. The summed E-state index contributed by atoms with van der Waals surface area (Å²) in [4.78, 5) is 11.7. The Morgan fingerprint density at radius 3 is 2.13 bits per heavy atom. The van der Waals surface area contributed by atoms with E-state index in [2.05, 4.69) is 5.32 Å². The van der Waals surface area contributed by atoms with Crippen molar-refractivity contribution >= 4 is 23.5 Å². The molecule has 0 radical (unpaired) electrons. The molecule has 0 aromatic heterocycles. The second-order valence-corrected chi connectivity index (χ2v) is 5.53.